The lowest BCUT2D eigenvalue weighted by molar-refractivity contribution is 0.121. The molecule has 0 saturated carbocycles. The molecule has 1 nitrogen and oxygen atoms in total. The minimum atomic E-state index is -0.0346. The third-order valence-corrected chi connectivity index (χ3v) is 3.05. The lowest BCUT2D eigenvalue weighted by atomic mass is 9.93. The summed E-state index contributed by atoms with van der Waals surface area (Å²) in [5.74, 6) is 0. The molecule has 1 aromatic carbocycles. The van der Waals surface area contributed by atoms with Gasteiger partial charge in [-0.15, -0.1) is 0 Å². The van der Waals surface area contributed by atoms with Gasteiger partial charge in [0.1, 0.15) is 0 Å². The molecule has 0 aliphatic carbocycles. The number of fused-ring (bicyclic) bond motifs is 1. The molecule has 1 unspecified atom stereocenters. The fourth-order valence-electron chi connectivity index (χ4n) is 1.76. The van der Waals surface area contributed by atoms with Crippen LogP contribution in [0.2, 0.25) is 0 Å². The molecule has 2 heteroatoms. The molecule has 0 amide bonds. The van der Waals surface area contributed by atoms with Crippen LogP contribution in [0.15, 0.2) is 24.3 Å². The Labute approximate surface area is 84.5 Å². The summed E-state index contributed by atoms with van der Waals surface area (Å²) in [6.45, 7) is 3.69. The molecule has 1 aromatic rings. The molecule has 1 atom stereocenters. The van der Waals surface area contributed by atoms with Crippen molar-refractivity contribution < 1.29 is 4.74 Å². The van der Waals surface area contributed by atoms with Gasteiger partial charge in [-0.05, 0) is 24.5 Å². The van der Waals surface area contributed by atoms with Crippen molar-refractivity contribution in [3.63, 3.8) is 0 Å². The highest BCUT2D eigenvalue weighted by Gasteiger charge is 2.26. The molecule has 70 valence electrons. The molecule has 0 radical (unpaired) electrons. The topological polar surface area (TPSA) is 9.23 Å². The van der Waals surface area contributed by atoms with Crippen LogP contribution in [0.4, 0.5) is 0 Å². The first kappa shape index (κ1) is 9.10. The molecular formula is C11H14OS. The Morgan fingerprint density at radius 1 is 1.38 bits per heavy atom. The first-order valence-corrected chi connectivity index (χ1v) is 5.03. The number of hydrogen-bond acceptors (Lipinski definition) is 2. The third-order valence-electron chi connectivity index (χ3n) is 2.59. The van der Waals surface area contributed by atoms with Crippen LogP contribution in [0.25, 0.3) is 0 Å². The van der Waals surface area contributed by atoms with Gasteiger partial charge in [0, 0.05) is 11.4 Å². The van der Waals surface area contributed by atoms with E-state index in [4.69, 9.17) is 4.74 Å². The highest BCUT2D eigenvalue weighted by Crippen LogP contribution is 2.36. The average molecular weight is 194 g/mol. The Bertz CT molecular complexity index is 307. The monoisotopic (exact) mass is 194 g/mol. The van der Waals surface area contributed by atoms with E-state index < -0.39 is 0 Å². The highest BCUT2D eigenvalue weighted by molar-refractivity contribution is 7.81. The van der Waals surface area contributed by atoms with E-state index in [1.54, 1.807) is 0 Å². The molecule has 0 aromatic heterocycles. The maximum atomic E-state index is 5.51. The van der Waals surface area contributed by atoms with Gasteiger partial charge in [0.2, 0.25) is 0 Å². The molecule has 0 fully saturated rings. The second-order valence-electron chi connectivity index (χ2n) is 3.73. The van der Waals surface area contributed by atoms with Crippen molar-refractivity contribution in [3.8, 4) is 0 Å². The normalized spacial score (nSPS) is 27.8. The van der Waals surface area contributed by atoms with Gasteiger partial charge >= 0.3 is 0 Å². The van der Waals surface area contributed by atoms with Gasteiger partial charge in [-0.25, -0.2) is 0 Å². The van der Waals surface area contributed by atoms with E-state index in [2.05, 4.69) is 43.8 Å². The van der Waals surface area contributed by atoms with Gasteiger partial charge in [0.25, 0.3) is 0 Å². The van der Waals surface area contributed by atoms with Gasteiger partial charge in [0.15, 0.2) is 0 Å². The number of benzene rings is 1. The maximum Gasteiger partial charge on any atom is 0.0720 e. The zero-order valence-electron chi connectivity index (χ0n) is 7.79. The predicted octanol–water partition coefficient (Wildman–Crippen LogP) is 2.75. The third kappa shape index (κ3) is 1.74. The van der Waals surface area contributed by atoms with Gasteiger partial charge in [-0.2, -0.15) is 12.6 Å². The van der Waals surface area contributed by atoms with Crippen LogP contribution in [-0.4, -0.2) is 6.61 Å². The lowest BCUT2D eigenvalue weighted by Crippen LogP contribution is -2.15. The summed E-state index contributed by atoms with van der Waals surface area (Å²) in [4.78, 5) is 0. The standard InChI is InChI=1S/C11H14OS/c1-11(13)6-7-12-8-9-4-2-3-5-10(9)11/h2-5,13H,6-8H2,1H3. The van der Waals surface area contributed by atoms with Crippen LogP contribution in [0.5, 0.6) is 0 Å². The number of thiol groups is 1. The van der Waals surface area contributed by atoms with Crippen molar-refractivity contribution in [2.24, 2.45) is 0 Å². The quantitative estimate of drug-likeness (QED) is 0.625. The Kier molecular flexibility index (Phi) is 2.35. The number of rotatable bonds is 0. The van der Waals surface area contributed by atoms with Crippen LogP contribution in [0, 0.1) is 0 Å². The zero-order valence-corrected chi connectivity index (χ0v) is 8.68. The van der Waals surface area contributed by atoms with Gasteiger partial charge in [-0.1, -0.05) is 24.3 Å². The van der Waals surface area contributed by atoms with E-state index in [1.807, 2.05) is 0 Å². The van der Waals surface area contributed by atoms with Crippen LogP contribution in [0.3, 0.4) is 0 Å². The van der Waals surface area contributed by atoms with Gasteiger partial charge in [0.05, 0.1) is 6.61 Å². The SMILES string of the molecule is CC1(S)CCOCc2ccccc21. The smallest absolute Gasteiger partial charge is 0.0720 e. The molecule has 0 saturated heterocycles. The minimum Gasteiger partial charge on any atom is -0.377 e. The van der Waals surface area contributed by atoms with Crippen LogP contribution in [-0.2, 0) is 16.1 Å². The zero-order chi connectivity index (χ0) is 9.31. The van der Waals surface area contributed by atoms with Crippen molar-refractivity contribution in [1.29, 1.82) is 0 Å². The lowest BCUT2D eigenvalue weighted by Gasteiger charge is -2.23. The molecule has 0 spiro atoms. The molecule has 1 aliphatic heterocycles. The maximum absolute atomic E-state index is 5.51. The first-order valence-electron chi connectivity index (χ1n) is 4.59. The first-order chi connectivity index (χ1) is 6.20. The second-order valence-corrected chi connectivity index (χ2v) is 4.72. The van der Waals surface area contributed by atoms with E-state index in [-0.39, 0.29) is 4.75 Å². The summed E-state index contributed by atoms with van der Waals surface area (Å²) < 4.78 is 5.47. The Morgan fingerprint density at radius 3 is 3.00 bits per heavy atom. The Morgan fingerprint density at radius 2 is 2.15 bits per heavy atom. The minimum absolute atomic E-state index is 0.0346. The van der Waals surface area contributed by atoms with Crippen molar-refractivity contribution in [2.75, 3.05) is 6.61 Å². The summed E-state index contributed by atoms with van der Waals surface area (Å²) in [6.07, 6.45) is 0.979. The Balaban J connectivity index is 2.48. The summed E-state index contributed by atoms with van der Waals surface area (Å²) in [5.41, 5.74) is 2.59. The number of ether oxygens (including phenoxy) is 1. The molecule has 2 rings (SSSR count). The number of hydrogen-bond donors (Lipinski definition) is 1. The fraction of sp³-hybridized carbons (Fsp3) is 0.455. The van der Waals surface area contributed by atoms with Crippen molar-refractivity contribution in [2.45, 2.75) is 24.7 Å². The largest absolute Gasteiger partial charge is 0.377 e. The summed E-state index contributed by atoms with van der Waals surface area (Å²) in [5, 5.41) is 0. The van der Waals surface area contributed by atoms with Crippen LogP contribution >= 0.6 is 12.6 Å². The van der Waals surface area contributed by atoms with E-state index in [0.29, 0.717) is 0 Å². The van der Waals surface area contributed by atoms with E-state index in [0.717, 1.165) is 19.6 Å². The van der Waals surface area contributed by atoms with E-state index >= 15 is 0 Å². The van der Waals surface area contributed by atoms with E-state index in [9.17, 15) is 0 Å². The second kappa shape index (κ2) is 3.35. The van der Waals surface area contributed by atoms with Crippen molar-refractivity contribution >= 4 is 12.6 Å². The predicted molar refractivity (Wildman–Crippen MR) is 57.1 cm³/mol. The molecule has 13 heavy (non-hydrogen) atoms. The molecular weight excluding hydrogens is 180 g/mol. The summed E-state index contributed by atoms with van der Waals surface area (Å²) in [7, 11) is 0. The van der Waals surface area contributed by atoms with Gasteiger partial charge in [-0.3, -0.25) is 0 Å². The van der Waals surface area contributed by atoms with E-state index in [1.165, 1.54) is 11.1 Å². The van der Waals surface area contributed by atoms with Crippen molar-refractivity contribution in [3.05, 3.63) is 35.4 Å². The molecule has 1 heterocycles. The van der Waals surface area contributed by atoms with Crippen LogP contribution in [0.1, 0.15) is 24.5 Å². The molecule has 0 bridgehead atoms. The molecule has 0 N–H and O–H groups in total. The Hall–Kier alpha value is -0.470. The fourth-order valence-corrected chi connectivity index (χ4v) is 2.07. The van der Waals surface area contributed by atoms with Gasteiger partial charge < -0.3 is 4.74 Å². The van der Waals surface area contributed by atoms with Crippen molar-refractivity contribution in [1.82, 2.24) is 0 Å². The molecule has 1 aliphatic rings. The average Bonchev–Trinajstić information content (AvgIpc) is 2.26. The summed E-state index contributed by atoms with van der Waals surface area (Å²) >= 11 is 4.69. The highest BCUT2D eigenvalue weighted by atomic mass is 32.1. The summed E-state index contributed by atoms with van der Waals surface area (Å²) in [6, 6.07) is 8.39. The van der Waals surface area contributed by atoms with Crippen LogP contribution < -0.4 is 0 Å².